The summed E-state index contributed by atoms with van der Waals surface area (Å²) in [5.41, 5.74) is 11.8. The standard InChI is InChI=1S/C30H34FN3O2/c1-5-7-8-21(6-2)18-34-28-13-9-22(16-26(28)27-17-24(32)11-14-29(27)34)30(33-36-20(4)35)25-12-10-23(31)15-19(25)3/h9-17,21H,5-8,18,32H2,1-4H3/b33-30-. The lowest BCUT2D eigenvalue weighted by atomic mass is 9.97. The summed E-state index contributed by atoms with van der Waals surface area (Å²) in [5, 5.41) is 6.29. The molecule has 1 aromatic heterocycles. The minimum atomic E-state index is -0.518. The summed E-state index contributed by atoms with van der Waals surface area (Å²) < 4.78 is 16.2. The first-order valence-electron chi connectivity index (χ1n) is 12.7. The van der Waals surface area contributed by atoms with E-state index in [1.54, 1.807) is 6.07 Å². The maximum absolute atomic E-state index is 13.8. The summed E-state index contributed by atoms with van der Waals surface area (Å²) in [6.45, 7) is 8.54. The highest BCUT2D eigenvalue weighted by Gasteiger charge is 2.18. The predicted octanol–water partition coefficient (Wildman–Crippen LogP) is 7.36. The van der Waals surface area contributed by atoms with Crippen molar-refractivity contribution in [1.29, 1.82) is 0 Å². The van der Waals surface area contributed by atoms with Crippen LogP contribution in [0.3, 0.4) is 0 Å². The number of oxime groups is 1. The van der Waals surface area contributed by atoms with Crippen molar-refractivity contribution in [3.8, 4) is 0 Å². The summed E-state index contributed by atoms with van der Waals surface area (Å²) in [5.74, 6) is -0.259. The Morgan fingerprint density at radius 2 is 1.78 bits per heavy atom. The van der Waals surface area contributed by atoms with Gasteiger partial charge in [0.05, 0.1) is 0 Å². The van der Waals surface area contributed by atoms with E-state index >= 15 is 0 Å². The van der Waals surface area contributed by atoms with Gasteiger partial charge in [-0.25, -0.2) is 9.18 Å². The largest absolute Gasteiger partial charge is 0.399 e. The molecule has 3 aromatic carbocycles. The molecule has 1 atom stereocenters. The SMILES string of the molecule is CCCCC(CC)Cn1c2ccc(N)cc2c2cc(/C(=N/OC(C)=O)c3ccc(F)cc3C)ccc21. The summed E-state index contributed by atoms with van der Waals surface area (Å²) in [4.78, 5) is 16.6. The molecule has 4 rings (SSSR count). The van der Waals surface area contributed by atoms with Gasteiger partial charge in [0, 0.05) is 52.1 Å². The third kappa shape index (κ3) is 5.27. The Bertz CT molecular complexity index is 1440. The maximum atomic E-state index is 13.8. The van der Waals surface area contributed by atoms with Crippen molar-refractivity contribution in [1.82, 2.24) is 4.57 Å². The number of unbranched alkanes of at least 4 members (excludes halogenated alkanes) is 1. The van der Waals surface area contributed by atoms with E-state index < -0.39 is 5.97 Å². The highest BCUT2D eigenvalue weighted by atomic mass is 19.1. The number of hydrogen-bond donors (Lipinski definition) is 1. The number of hydrogen-bond acceptors (Lipinski definition) is 4. The van der Waals surface area contributed by atoms with Crippen LogP contribution < -0.4 is 5.73 Å². The Hall–Kier alpha value is -3.67. The van der Waals surface area contributed by atoms with Gasteiger partial charge >= 0.3 is 5.97 Å². The van der Waals surface area contributed by atoms with Crippen molar-refractivity contribution >= 4 is 39.2 Å². The number of nitrogen functional groups attached to an aromatic ring is 1. The van der Waals surface area contributed by atoms with E-state index in [0.717, 1.165) is 40.3 Å². The molecule has 0 saturated carbocycles. The zero-order valence-corrected chi connectivity index (χ0v) is 21.5. The molecule has 5 nitrogen and oxygen atoms in total. The number of fused-ring (bicyclic) bond motifs is 3. The van der Waals surface area contributed by atoms with Crippen LogP contribution in [0, 0.1) is 18.7 Å². The first kappa shape index (κ1) is 25.4. The summed E-state index contributed by atoms with van der Waals surface area (Å²) >= 11 is 0. The zero-order valence-electron chi connectivity index (χ0n) is 21.5. The van der Waals surface area contributed by atoms with Gasteiger partial charge in [0.2, 0.25) is 0 Å². The van der Waals surface area contributed by atoms with Crippen LogP contribution in [-0.2, 0) is 16.2 Å². The van der Waals surface area contributed by atoms with E-state index in [2.05, 4.69) is 41.8 Å². The Labute approximate surface area is 211 Å². The van der Waals surface area contributed by atoms with E-state index in [9.17, 15) is 9.18 Å². The number of carbonyl (C=O) groups excluding carboxylic acids is 1. The average Bonchev–Trinajstić information content (AvgIpc) is 3.14. The van der Waals surface area contributed by atoms with Crippen LogP contribution in [0.4, 0.5) is 10.1 Å². The number of anilines is 1. The van der Waals surface area contributed by atoms with Gasteiger partial charge in [-0.15, -0.1) is 0 Å². The second-order valence-electron chi connectivity index (χ2n) is 9.52. The predicted molar refractivity (Wildman–Crippen MR) is 146 cm³/mol. The molecule has 0 radical (unpaired) electrons. The summed E-state index contributed by atoms with van der Waals surface area (Å²) in [7, 11) is 0. The second-order valence-corrected chi connectivity index (χ2v) is 9.52. The highest BCUT2D eigenvalue weighted by Crippen LogP contribution is 2.33. The topological polar surface area (TPSA) is 69.6 Å². The third-order valence-corrected chi connectivity index (χ3v) is 6.86. The molecule has 0 aliphatic carbocycles. The lowest BCUT2D eigenvalue weighted by Crippen LogP contribution is -2.10. The first-order chi connectivity index (χ1) is 17.3. The minimum absolute atomic E-state index is 0.328. The molecular formula is C30H34FN3O2. The molecule has 2 N–H and O–H groups in total. The van der Waals surface area contributed by atoms with Gasteiger partial charge in [-0.05, 0) is 73.4 Å². The number of carbonyl (C=O) groups is 1. The van der Waals surface area contributed by atoms with Crippen molar-refractivity contribution in [2.75, 3.05) is 5.73 Å². The molecule has 0 amide bonds. The number of aryl methyl sites for hydroxylation is 1. The van der Waals surface area contributed by atoms with Crippen LogP contribution in [0.2, 0.25) is 0 Å². The lowest BCUT2D eigenvalue weighted by Gasteiger charge is -2.17. The van der Waals surface area contributed by atoms with Crippen LogP contribution in [0.1, 0.15) is 63.1 Å². The number of benzene rings is 3. The van der Waals surface area contributed by atoms with Crippen LogP contribution >= 0.6 is 0 Å². The van der Waals surface area contributed by atoms with Gasteiger partial charge in [-0.3, -0.25) is 0 Å². The van der Waals surface area contributed by atoms with E-state index in [4.69, 9.17) is 10.6 Å². The molecule has 0 aliphatic heterocycles. The fourth-order valence-corrected chi connectivity index (χ4v) is 4.90. The molecule has 6 heteroatoms. The molecule has 0 bridgehead atoms. The van der Waals surface area contributed by atoms with Crippen molar-refractivity contribution in [3.05, 3.63) is 77.1 Å². The smallest absolute Gasteiger partial charge is 0.332 e. The van der Waals surface area contributed by atoms with Crippen LogP contribution in [0.5, 0.6) is 0 Å². The van der Waals surface area contributed by atoms with Crippen LogP contribution in [-0.4, -0.2) is 16.2 Å². The summed E-state index contributed by atoms with van der Waals surface area (Å²) in [6, 6.07) is 16.7. The van der Waals surface area contributed by atoms with Gasteiger partial charge in [0.15, 0.2) is 0 Å². The van der Waals surface area contributed by atoms with Crippen LogP contribution in [0.15, 0.2) is 59.8 Å². The molecular weight excluding hydrogens is 453 g/mol. The Morgan fingerprint density at radius 1 is 1.06 bits per heavy atom. The number of nitrogens with two attached hydrogens (primary N) is 1. The molecule has 0 aliphatic rings. The van der Waals surface area contributed by atoms with Crippen molar-refractivity contribution in [2.45, 2.75) is 59.9 Å². The Kier molecular flexibility index (Phi) is 7.73. The lowest BCUT2D eigenvalue weighted by molar-refractivity contribution is -0.140. The van der Waals surface area contributed by atoms with E-state index in [1.165, 1.54) is 38.3 Å². The van der Waals surface area contributed by atoms with E-state index in [1.807, 2.05) is 25.1 Å². The van der Waals surface area contributed by atoms with Gasteiger partial charge in [0.1, 0.15) is 11.5 Å². The molecule has 36 heavy (non-hydrogen) atoms. The fraction of sp³-hybridized carbons (Fsp3) is 0.333. The number of nitrogens with zero attached hydrogens (tertiary/aromatic N) is 2. The molecule has 188 valence electrons. The van der Waals surface area contributed by atoms with E-state index in [-0.39, 0.29) is 5.82 Å². The van der Waals surface area contributed by atoms with Crippen molar-refractivity contribution < 1.29 is 14.0 Å². The second kappa shape index (κ2) is 10.9. The quantitative estimate of drug-likeness (QED) is 0.116. The molecule has 0 fully saturated rings. The number of rotatable bonds is 9. The maximum Gasteiger partial charge on any atom is 0.332 e. The number of aromatic nitrogens is 1. The molecule has 1 unspecified atom stereocenters. The summed E-state index contributed by atoms with van der Waals surface area (Å²) in [6.07, 6.45) is 4.73. The molecule has 0 spiro atoms. The highest BCUT2D eigenvalue weighted by molar-refractivity contribution is 6.17. The Morgan fingerprint density at radius 3 is 2.44 bits per heavy atom. The molecule has 0 saturated heterocycles. The number of halogens is 1. The molecule has 1 heterocycles. The normalized spacial score (nSPS) is 12.9. The van der Waals surface area contributed by atoms with Gasteiger partial charge in [-0.2, -0.15) is 0 Å². The van der Waals surface area contributed by atoms with Crippen molar-refractivity contribution in [2.24, 2.45) is 11.1 Å². The zero-order chi connectivity index (χ0) is 25.8. The Balaban J connectivity index is 1.90. The van der Waals surface area contributed by atoms with Crippen LogP contribution in [0.25, 0.3) is 21.8 Å². The van der Waals surface area contributed by atoms with E-state index in [0.29, 0.717) is 28.4 Å². The average molecular weight is 488 g/mol. The monoisotopic (exact) mass is 487 g/mol. The fourth-order valence-electron chi connectivity index (χ4n) is 4.90. The van der Waals surface area contributed by atoms with Gasteiger partial charge in [0.25, 0.3) is 0 Å². The first-order valence-corrected chi connectivity index (χ1v) is 12.7. The minimum Gasteiger partial charge on any atom is -0.399 e. The van der Waals surface area contributed by atoms with Gasteiger partial charge in [-0.1, -0.05) is 44.3 Å². The third-order valence-electron chi connectivity index (χ3n) is 6.86. The van der Waals surface area contributed by atoms with Crippen molar-refractivity contribution in [3.63, 3.8) is 0 Å². The van der Waals surface area contributed by atoms with Gasteiger partial charge < -0.3 is 15.1 Å². The molecule has 4 aromatic rings.